The van der Waals surface area contributed by atoms with Gasteiger partial charge < -0.3 is 19.8 Å². The van der Waals surface area contributed by atoms with Crippen LogP contribution in [0.4, 0.5) is 18.9 Å². The van der Waals surface area contributed by atoms with Crippen LogP contribution in [-0.2, 0) is 4.79 Å². The van der Waals surface area contributed by atoms with Crippen molar-refractivity contribution in [1.82, 2.24) is 10.3 Å². The molecule has 7 nitrogen and oxygen atoms in total. The Morgan fingerprint density at radius 1 is 1.24 bits per heavy atom. The van der Waals surface area contributed by atoms with Gasteiger partial charge in [0.2, 0.25) is 11.8 Å². The van der Waals surface area contributed by atoms with E-state index in [1.807, 2.05) is 0 Å². The van der Waals surface area contributed by atoms with Gasteiger partial charge in [-0.2, -0.15) is 13.2 Å². The molecule has 0 aromatic carbocycles. The van der Waals surface area contributed by atoms with Gasteiger partial charge in [-0.3, -0.25) is 9.59 Å². The van der Waals surface area contributed by atoms with Crippen molar-refractivity contribution in [3.63, 3.8) is 0 Å². The molecule has 2 aromatic heterocycles. The van der Waals surface area contributed by atoms with E-state index in [2.05, 4.69) is 36.3 Å². The molecule has 0 bridgehead atoms. The van der Waals surface area contributed by atoms with E-state index in [1.54, 1.807) is 0 Å². The number of furan rings is 1. The molecule has 0 aliphatic rings. The van der Waals surface area contributed by atoms with Crippen LogP contribution in [0, 0.1) is 0 Å². The Morgan fingerprint density at radius 3 is 2.56 bits per heavy atom. The van der Waals surface area contributed by atoms with E-state index >= 15 is 0 Å². The quantitative estimate of drug-likeness (QED) is 0.747. The highest BCUT2D eigenvalue weighted by Crippen LogP contribution is 2.18. The van der Waals surface area contributed by atoms with Gasteiger partial charge in [-0.15, -0.1) is 0 Å². The van der Waals surface area contributed by atoms with E-state index in [1.165, 1.54) is 24.3 Å². The lowest BCUT2D eigenvalue weighted by Crippen LogP contribution is -2.32. The fourth-order valence-corrected chi connectivity index (χ4v) is 1.89. The lowest BCUT2D eigenvalue weighted by molar-refractivity contribution is -0.154. The van der Waals surface area contributed by atoms with Crippen molar-refractivity contribution in [3.05, 3.63) is 40.9 Å². The number of carbonyl (C=O) groups is 2. The number of halogens is 4. The van der Waals surface area contributed by atoms with Gasteiger partial charge in [0.25, 0.3) is 5.91 Å². The van der Waals surface area contributed by atoms with Crippen LogP contribution in [-0.4, -0.2) is 36.1 Å². The maximum absolute atomic E-state index is 12.0. The maximum atomic E-state index is 12.0. The first-order valence-electron chi connectivity index (χ1n) is 6.72. The summed E-state index contributed by atoms with van der Waals surface area (Å²) in [6.45, 7) is -1.79. The average molecular weight is 422 g/mol. The van der Waals surface area contributed by atoms with Gasteiger partial charge in [0.1, 0.15) is 0 Å². The summed E-state index contributed by atoms with van der Waals surface area (Å²) in [4.78, 5) is 27.0. The molecule has 2 N–H and O–H groups in total. The van der Waals surface area contributed by atoms with E-state index in [0.29, 0.717) is 4.67 Å². The number of hydrogen-bond donors (Lipinski definition) is 2. The van der Waals surface area contributed by atoms with E-state index in [9.17, 15) is 22.8 Å². The number of ether oxygens (including phenoxy) is 1. The molecule has 2 rings (SSSR count). The number of amides is 2. The minimum atomic E-state index is -4.46. The minimum absolute atomic E-state index is 0.0347. The Bertz CT molecular complexity index is 747. The second-order valence-electron chi connectivity index (χ2n) is 4.62. The molecule has 0 atom stereocenters. The van der Waals surface area contributed by atoms with Crippen LogP contribution in [0.1, 0.15) is 10.6 Å². The molecule has 25 heavy (non-hydrogen) atoms. The van der Waals surface area contributed by atoms with Gasteiger partial charge in [0.05, 0.1) is 18.4 Å². The molecule has 0 saturated carbocycles. The molecule has 0 fully saturated rings. The van der Waals surface area contributed by atoms with E-state index in [-0.39, 0.29) is 23.9 Å². The van der Waals surface area contributed by atoms with Crippen molar-refractivity contribution in [3.8, 4) is 5.88 Å². The number of aromatic nitrogens is 1. The van der Waals surface area contributed by atoms with Crippen LogP contribution >= 0.6 is 15.9 Å². The highest BCUT2D eigenvalue weighted by Gasteiger charge is 2.28. The first-order chi connectivity index (χ1) is 11.7. The number of nitrogens with zero attached hydrogens (tertiary/aromatic N) is 1. The summed E-state index contributed by atoms with van der Waals surface area (Å²) in [7, 11) is 0. The fourth-order valence-electron chi connectivity index (χ4n) is 1.58. The third-order valence-corrected chi connectivity index (χ3v) is 3.04. The molecule has 11 heteroatoms. The van der Waals surface area contributed by atoms with Crippen LogP contribution in [0.2, 0.25) is 0 Å². The summed E-state index contributed by atoms with van der Waals surface area (Å²) in [5.41, 5.74) is 0.236. The second kappa shape index (κ2) is 8.01. The van der Waals surface area contributed by atoms with Gasteiger partial charge in [-0.1, -0.05) is 0 Å². The van der Waals surface area contributed by atoms with Gasteiger partial charge in [-0.25, -0.2) is 4.98 Å². The maximum Gasteiger partial charge on any atom is 0.422 e. The summed E-state index contributed by atoms with van der Waals surface area (Å²) in [6, 6.07) is 5.46. The first kappa shape index (κ1) is 18.8. The number of anilines is 1. The van der Waals surface area contributed by atoms with Crippen LogP contribution < -0.4 is 15.4 Å². The molecular weight excluding hydrogens is 411 g/mol. The van der Waals surface area contributed by atoms with Crippen molar-refractivity contribution < 1.29 is 31.9 Å². The average Bonchev–Trinajstić information content (AvgIpc) is 2.98. The van der Waals surface area contributed by atoms with E-state index in [4.69, 9.17) is 4.42 Å². The lowest BCUT2D eigenvalue weighted by atomic mass is 10.4. The molecule has 2 heterocycles. The molecule has 0 saturated heterocycles. The zero-order valence-corrected chi connectivity index (χ0v) is 14.0. The fraction of sp³-hybridized carbons (Fsp3) is 0.214. The largest absolute Gasteiger partial charge is 0.468 e. The Kier molecular flexibility index (Phi) is 6.02. The molecule has 2 amide bonds. The highest BCUT2D eigenvalue weighted by molar-refractivity contribution is 9.10. The Hall–Kier alpha value is -2.56. The van der Waals surface area contributed by atoms with Crippen LogP contribution in [0.25, 0.3) is 0 Å². The third-order valence-electron chi connectivity index (χ3n) is 2.61. The Balaban J connectivity index is 1.79. The monoisotopic (exact) mass is 421 g/mol. The van der Waals surface area contributed by atoms with Crippen molar-refractivity contribution in [2.45, 2.75) is 6.18 Å². The number of rotatable bonds is 6. The second-order valence-corrected chi connectivity index (χ2v) is 5.41. The molecular formula is C14H11BrF3N3O4. The summed E-state index contributed by atoms with van der Waals surface area (Å²) in [5.74, 6) is -1.32. The number of hydrogen-bond acceptors (Lipinski definition) is 5. The van der Waals surface area contributed by atoms with Crippen molar-refractivity contribution in [1.29, 1.82) is 0 Å². The Morgan fingerprint density at radius 2 is 2.00 bits per heavy atom. The van der Waals surface area contributed by atoms with Crippen LogP contribution in [0.3, 0.4) is 0 Å². The predicted octanol–water partition coefficient (Wildman–Crippen LogP) is 2.75. The summed E-state index contributed by atoms with van der Waals surface area (Å²) < 4.78 is 45.9. The normalized spacial score (nSPS) is 11.0. The Labute approximate surface area is 147 Å². The molecule has 2 aromatic rings. The van der Waals surface area contributed by atoms with E-state index < -0.39 is 24.6 Å². The van der Waals surface area contributed by atoms with Crippen molar-refractivity contribution in [2.24, 2.45) is 0 Å². The lowest BCUT2D eigenvalue weighted by Gasteiger charge is -2.09. The topological polar surface area (TPSA) is 93.5 Å². The molecule has 0 aliphatic carbocycles. The summed E-state index contributed by atoms with van der Waals surface area (Å²) in [5, 5.41) is 4.76. The smallest absolute Gasteiger partial charge is 0.422 e. The van der Waals surface area contributed by atoms with Gasteiger partial charge in [0, 0.05) is 6.07 Å². The summed E-state index contributed by atoms with van der Waals surface area (Å²) >= 11 is 3.05. The number of alkyl halides is 3. The molecule has 0 radical (unpaired) electrons. The summed E-state index contributed by atoms with van der Waals surface area (Å²) in [6.07, 6.45) is -3.33. The predicted molar refractivity (Wildman–Crippen MR) is 83.2 cm³/mol. The van der Waals surface area contributed by atoms with Crippen LogP contribution in [0.15, 0.2) is 39.5 Å². The molecule has 0 unspecified atom stereocenters. The number of nitrogens with one attached hydrogen (secondary N) is 2. The highest BCUT2D eigenvalue weighted by atomic mass is 79.9. The zero-order chi connectivity index (χ0) is 18.4. The molecule has 0 spiro atoms. The van der Waals surface area contributed by atoms with Gasteiger partial charge >= 0.3 is 6.18 Å². The SMILES string of the molecule is O=C(CNC(=O)c1ccc(Br)o1)Nc1ccc(OCC(F)(F)F)nc1. The minimum Gasteiger partial charge on any atom is -0.468 e. The van der Waals surface area contributed by atoms with Crippen molar-refractivity contribution >= 4 is 33.4 Å². The first-order valence-corrected chi connectivity index (χ1v) is 7.51. The number of carbonyl (C=O) groups excluding carboxylic acids is 2. The van der Waals surface area contributed by atoms with Gasteiger partial charge in [0.15, 0.2) is 17.0 Å². The van der Waals surface area contributed by atoms with E-state index in [0.717, 1.165) is 6.20 Å². The van der Waals surface area contributed by atoms with Crippen LogP contribution in [0.5, 0.6) is 5.88 Å². The third kappa shape index (κ3) is 6.45. The number of pyridine rings is 1. The van der Waals surface area contributed by atoms with Gasteiger partial charge in [-0.05, 0) is 34.1 Å². The zero-order valence-electron chi connectivity index (χ0n) is 12.4. The van der Waals surface area contributed by atoms with Crippen molar-refractivity contribution in [2.75, 3.05) is 18.5 Å². The molecule has 0 aliphatic heterocycles. The molecule has 134 valence electrons. The standard InChI is InChI=1S/C14H11BrF3N3O4/c15-10-3-2-9(25-10)13(23)20-6-11(22)21-8-1-4-12(19-5-8)24-7-14(16,17)18/h1-5H,6-7H2,(H,20,23)(H,21,22).